The number of hydrogen-bond donors (Lipinski definition) is 1. The molecule has 1 aromatic carbocycles. The van der Waals surface area contributed by atoms with Crippen molar-refractivity contribution in [1.82, 2.24) is 14.8 Å². The second-order valence-electron chi connectivity index (χ2n) is 6.69. The standard InChI is InChI=1S/C23H22N4O3/c1-29-20-12-11-16(14-21(20)30-2)19-9-5-3-4-8-17-15-18(26-27(17)19)23(28)25-22-10-6-7-13-24-22/h3,5-7,9-15H,4,8H2,1-2H3,(H,24,25,28)/b5-3-,19-9-. The van der Waals surface area contributed by atoms with Gasteiger partial charge in [0.05, 0.1) is 19.9 Å². The Morgan fingerprint density at radius 1 is 1.10 bits per heavy atom. The number of nitrogens with zero attached hydrogens (tertiary/aromatic N) is 3. The first kappa shape index (κ1) is 19.4. The van der Waals surface area contributed by atoms with E-state index in [4.69, 9.17) is 9.47 Å². The lowest BCUT2D eigenvalue weighted by molar-refractivity contribution is 0.102. The van der Waals surface area contributed by atoms with Crippen molar-refractivity contribution in [2.24, 2.45) is 0 Å². The number of carbonyl (C=O) groups is 1. The molecule has 0 radical (unpaired) electrons. The molecule has 0 saturated heterocycles. The lowest BCUT2D eigenvalue weighted by Gasteiger charge is -2.15. The molecule has 1 N–H and O–H groups in total. The summed E-state index contributed by atoms with van der Waals surface area (Å²) < 4.78 is 12.6. The predicted molar refractivity (Wildman–Crippen MR) is 115 cm³/mol. The van der Waals surface area contributed by atoms with Crippen LogP contribution in [0.15, 0.2) is 66.9 Å². The van der Waals surface area contributed by atoms with Crippen LogP contribution in [0.4, 0.5) is 5.82 Å². The van der Waals surface area contributed by atoms with Crippen molar-refractivity contribution in [3.63, 3.8) is 0 Å². The fourth-order valence-corrected chi connectivity index (χ4v) is 3.31. The van der Waals surface area contributed by atoms with Crippen LogP contribution in [0.1, 0.15) is 28.2 Å². The molecule has 0 spiro atoms. The van der Waals surface area contributed by atoms with E-state index in [0.717, 1.165) is 29.8 Å². The smallest absolute Gasteiger partial charge is 0.277 e. The molecule has 1 amide bonds. The average Bonchev–Trinajstić information content (AvgIpc) is 3.17. The molecule has 0 bridgehead atoms. The molecule has 0 aliphatic carbocycles. The Morgan fingerprint density at radius 3 is 2.73 bits per heavy atom. The van der Waals surface area contributed by atoms with Gasteiger partial charge >= 0.3 is 0 Å². The van der Waals surface area contributed by atoms with Crippen molar-refractivity contribution in [2.45, 2.75) is 12.8 Å². The molecule has 3 aromatic rings. The van der Waals surface area contributed by atoms with Crippen LogP contribution >= 0.6 is 0 Å². The minimum absolute atomic E-state index is 0.299. The van der Waals surface area contributed by atoms with E-state index in [0.29, 0.717) is 23.0 Å². The molecule has 2 aromatic heterocycles. The number of pyridine rings is 1. The van der Waals surface area contributed by atoms with Crippen molar-refractivity contribution >= 4 is 17.4 Å². The zero-order chi connectivity index (χ0) is 20.9. The SMILES string of the molecule is COc1ccc(/C2=C/C=C\CCc3cc(C(=O)Nc4ccccn4)nn32)cc1OC. The van der Waals surface area contributed by atoms with Crippen LogP contribution in [0.3, 0.4) is 0 Å². The number of aryl methyl sites for hydroxylation is 1. The normalized spacial score (nSPS) is 15.7. The van der Waals surface area contributed by atoms with Crippen molar-refractivity contribution in [3.8, 4) is 11.5 Å². The monoisotopic (exact) mass is 402 g/mol. The number of amides is 1. The summed E-state index contributed by atoms with van der Waals surface area (Å²) in [6, 6.07) is 12.9. The molecule has 0 fully saturated rings. The Balaban J connectivity index is 1.71. The van der Waals surface area contributed by atoms with Crippen LogP contribution in [0, 0.1) is 0 Å². The van der Waals surface area contributed by atoms with Crippen LogP contribution in [0.5, 0.6) is 11.5 Å². The van der Waals surface area contributed by atoms with Crippen LogP contribution in [0.25, 0.3) is 5.70 Å². The van der Waals surface area contributed by atoms with Crippen LogP contribution in [-0.2, 0) is 6.42 Å². The van der Waals surface area contributed by atoms with Crippen LogP contribution in [-0.4, -0.2) is 34.9 Å². The van der Waals surface area contributed by atoms with E-state index in [9.17, 15) is 4.79 Å². The second kappa shape index (κ2) is 8.65. The van der Waals surface area contributed by atoms with Crippen LogP contribution in [0.2, 0.25) is 0 Å². The van der Waals surface area contributed by atoms with E-state index < -0.39 is 0 Å². The minimum atomic E-state index is -0.299. The number of benzene rings is 1. The third kappa shape index (κ3) is 3.96. The molecule has 7 heteroatoms. The summed E-state index contributed by atoms with van der Waals surface area (Å²) in [6.07, 6.45) is 9.35. The Bertz CT molecular complexity index is 1120. The summed E-state index contributed by atoms with van der Waals surface area (Å²) in [7, 11) is 3.21. The lowest BCUT2D eigenvalue weighted by Crippen LogP contribution is -2.14. The van der Waals surface area contributed by atoms with E-state index in [-0.39, 0.29) is 5.91 Å². The molecule has 7 nitrogen and oxygen atoms in total. The summed E-state index contributed by atoms with van der Waals surface area (Å²) >= 11 is 0. The second-order valence-corrected chi connectivity index (χ2v) is 6.69. The van der Waals surface area contributed by atoms with Gasteiger partial charge in [-0.05, 0) is 55.3 Å². The summed E-state index contributed by atoms with van der Waals surface area (Å²) in [6.45, 7) is 0. The Hall–Kier alpha value is -3.87. The molecular formula is C23H22N4O3. The van der Waals surface area contributed by atoms with Gasteiger partial charge < -0.3 is 14.8 Å². The fraction of sp³-hybridized carbons (Fsp3) is 0.174. The fourth-order valence-electron chi connectivity index (χ4n) is 3.31. The largest absolute Gasteiger partial charge is 0.493 e. The number of nitrogens with one attached hydrogen (secondary N) is 1. The summed E-state index contributed by atoms with van der Waals surface area (Å²) in [5, 5.41) is 7.40. The van der Waals surface area contributed by atoms with Gasteiger partial charge in [0.1, 0.15) is 5.82 Å². The summed E-state index contributed by atoms with van der Waals surface area (Å²) in [5.74, 6) is 1.47. The van der Waals surface area contributed by atoms with Crippen molar-refractivity contribution in [3.05, 3.63) is 83.8 Å². The lowest BCUT2D eigenvalue weighted by atomic mass is 10.1. The highest BCUT2D eigenvalue weighted by atomic mass is 16.5. The van der Waals surface area contributed by atoms with Crippen molar-refractivity contribution < 1.29 is 14.3 Å². The van der Waals surface area contributed by atoms with E-state index in [2.05, 4.69) is 21.5 Å². The number of anilines is 1. The number of rotatable bonds is 5. The Morgan fingerprint density at radius 2 is 1.97 bits per heavy atom. The Labute approximate surface area is 174 Å². The first-order valence-electron chi connectivity index (χ1n) is 9.60. The number of hydrogen-bond acceptors (Lipinski definition) is 5. The van der Waals surface area contributed by atoms with E-state index in [1.165, 1.54) is 0 Å². The number of carbonyl (C=O) groups excluding carboxylic acids is 1. The molecule has 1 aliphatic heterocycles. The van der Waals surface area contributed by atoms with Crippen LogP contribution < -0.4 is 14.8 Å². The van der Waals surface area contributed by atoms with Gasteiger partial charge in [-0.15, -0.1) is 0 Å². The number of allylic oxidation sites excluding steroid dienone is 3. The number of ether oxygens (including phenoxy) is 2. The minimum Gasteiger partial charge on any atom is -0.493 e. The first-order chi connectivity index (χ1) is 14.7. The van der Waals surface area contributed by atoms with Gasteiger partial charge in [-0.25, -0.2) is 9.67 Å². The maximum atomic E-state index is 12.7. The topological polar surface area (TPSA) is 78.3 Å². The zero-order valence-electron chi connectivity index (χ0n) is 16.8. The van der Waals surface area contributed by atoms with Gasteiger partial charge in [0.15, 0.2) is 17.2 Å². The Kier molecular flexibility index (Phi) is 5.61. The number of aromatic nitrogens is 3. The molecule has 3 heterocycles. The molecule has 152 valence electrons. The van der Waals surface area contributed by atoms with Gasteiger partial charge in [-0.2, -0.15) is 5.10 Å². The van der Waals surface area contributed by atoms with E-state index in [1.807, 2.05) is 47.2 Å². The van der Waals surface area contributed by atoms with Gasteiger partial charge in [-0.1, -0.05) is 18.2 Å². The van der Waals surface area contributed by atoms with Crippen molar-refractivity contribution in [1.29, 1.82) is 0 Å². The molecule has 1 aliphatic rings. The average molecular weight is 402 g/mol. The van der Waals surface area contributed by atoms with Gasteiger partial charge in [-0.3, -0.25) is 4.79 Å². The highest BCUT2D eigenvalue weighted by Crippen LogP contribution is 2.32. The van der Waals surface area contributed by atoms with E-state index >= 15 is 0 Å². The van der Waals surface area contributed by atoms with E-state index in [1.54, 1.807) is 32.5 Å². The molecule has 4 rings (SSSR count). The van der Waals surface area contributed by atoms with Gasteiger partial charge in [0.2, 0.25) is 0 Å². The third-order valence-corrected chi connectivity index (χ3v) is 4.79. The molecule has 0 saturated carbocycles. The zero-order valence-corrected chi connectivity index (χ0v) is 16.8. The number of methoxy groups -OCH3 is 2. The van der Waals surface area contributed by atoms with Crippen molar-refractivity contribution in [2.75, 3.05) is 19.5 Å². The highest BCUT2D eigenvalue weighted by Gasteiger charge is 2.19. The number of fused-ring (bicyclic) bond motifs is 1. The molecule has 0 unspecified atom stereocenters. The predicted octanol–water partition coefficient (Wildman–Crippen LogP) is 3.94. The van der Waals surface area contributed by atoms with Gasteiger partial charge in [0, 0.05) is 17.5 Å². The maximum absolute atomic E-state index is 12.7. The van der Waals surface area contributed by atoms with Gasteiger partial charge in [0.25, 0.3) is 5.91 Å². The highest BCUT2D eigenvalue weighted by molar-refractivity contribution is 6.02. The molecular weight excluding hydrogens is 380 g/mol. The quantitative estimate of drug-likeness (QED) is 0.699. The maximum Gasteiger partial charge on any atom is 0.277 e. The summed E-state index contributed by atoms with van der Waals surface area (Å²) in [4.78, 5) is 16.9. The summed E-state index contributed by atoms with van der Waals surface area (Å²) in [5.41, 5.74) is 3.04. The third-order valence-electron chi connectivity index (χ3n) is 4.79. The molecule has 0 atom stereocenters. The first-order valence-corrected chi connectivity index (χ1v) is 9.60. The molecule has 30 heavy (non-hydrogen) atoms.